The van der Waals surface area contributed by atoms with Crippen LogP contribution >= 0.6 is 0 Å². The zero-order chi connectivity index (χ0) is 8.81. The molecule has 0 aromatic heterocycles. The zero-order valence-corrected chi connectivity index (χ0v) is 7.42. The molecule has 0 radical (unpaired) electrons. The lowest BCUT2D eigenvalue weighted by molar-refractivity contribution is 0.987. The molecule has 1 heterocycles. The number of aliphatic imine (C=N–C) groups is 1. The summed E-state index contributed by atoms with van der Waals surface area (Å²) in [7, 11) is 0. The highest BCUT2D eigenvalue weighted by Gasteiger charge is 2.04. The van der Waals surface area contributed by atoms with Crippen LogP contribution < -0.4 is 0 Å². The van der Waals surface area contributed by atoms with Gasteiger partial charge in [-0.3, -0.25) is 4.99 Å². The molecule has 0 amide bonds. The van der Waals surface area contributed by atoms with E-state index in [-0.39, 0.29) is 0 Å². The van der Waals surface area contributed by atoms with Gasteiger partial charge in [0.05, 0.1) is 0 Å². The number of nitrogens with zero attached hydrogens (tertiary/aromatic N) is 1. The maximum absolute atomic E-state index is 4.28. The largest absolute Gasteiger partial charge is 0.261 e. The molecule has 1 aliphatic rings. The normalized spacial score (nSPS) is 15.5. The minimum absolute atomic E-state index is 0.996. The molecule has 0 saturated heterocycles. The topological polar surface area (TPSA) is 12.4 Å². The van der Waals surface area contributed by atoms with Crippen LogP contribution in [0.3, 0.4) is 0 Å². The molecule has 0 aliphatic carbocycles. The standard InChI is InChI=1S/C11H15N/c1-3-4-7-10(2)11-8-5-6-9-12-11/h3,6,9H,1-2,4-5,7-8H2. The van der Waals surface area contributed by atoms with E-state index in [2.05, 4.69) is 24.2 Å². The molecule has 0 aromatic carbocycles. The molecule has 64 valence electrons. The molecule has 1 rings (SSSR count). The molecule has 0 aromatic rings. The molecule has 1 heteroatoms. The highest BCUT2D eigenvalue weighted by atomic mass is 14.7. The Hall–Kier alpha value is -1.11. The van der Waals surface area contributed by atoms with Crippen molar-refractivity contribution in [1.29, 1.82) is 0 Å². The minimum atomic E-state index is 0.996. The van der Waals surface area contributed by atoms with Crippen LogP contribution in [0.25, 0.3) is 0 Å². The van der Waals surface area contributed by atoms with Crippen LogP contribution in [0, 0.1) is 0 Å². The maximum Gasteiger partial charge on any atom is 0.0432 e. The van der Waals surface area contributed by atoms with Crippen molar-refractivity contribution < 1.29 is 0 Å². The Balaban J connectivity index is 2.45. The third-order valence-corrected chi connectivity index (χ3v) is 1.94. The van der Waals surface area contributed by atoms with Crippen LogP contribution in [0.5, 0.6) is 0 Å². The molecule has 0 N–H and O–H groups in total. The van der Waals surface area contributed by atoms with Gasteiger partial charge in [-0.2, -0.15) is 0 Å². The van der Waals surface area contributed by atoms with E-state index in [1.54, 1.807) is 0 Å². The smallest absolute Gasteiger partial charge is 0.0432 e. The average Bonchev–Trinajstić information content (AvgIpc) is 2.15. The first kappa shape index (κ1) is 8.98. The van der Waals surface area contributed by atoms with Gasteiger partial charge in [-0.1, -0.05) is 18.7 Å². The Morgan fingerprint density at radius 2 is 2.50 bits per heavy atom. The molecule has 1 nitrogen and oxygen atoms in total. The van der Waals surface area contributed by atoms with E-state index in [0.29, 0.717) is 0 Å². The molecule has 0 spiro atoms. The van der Waals surface area contributed by atoms with Crippen LogP contribution in [-0.2, 0) is 0 Å². The van der Waals surface area contributed by atoms with E-state index in [4.69, 9.17) is 0 Å². The number of rotatable bonds is 4. The summed E-state index contributed by atoms with van der Waals surface area (Å²) in [6.45, 7) is 7.69. The van der Waals surface area contributed by atoms with E-state index in [0.717, 1.165) is 25.7 Å². The fourth-order valence-corrected chi connectivity index (χ4v) is 1.19. The predicted molar refractivity (Wildman–Crippen MR) is 54.4 cm³/mol. The molecule has 0 bridgehead atoms. The molecule has 0 unspecified atom stereocenters. The van der Waals surface area contributed by atoms with Gasteiger partial charge >= 0.3 is 0 Å². The molecule has 1 aliphatic heterocycles. The van der Waals surface area contributed by atoms with Gasteiger partial charge in [0.25, 0.3) is 0 Å². The summed E-state index contributed by atoms with van der Waals surface area (Å²) in [6.07, 6.45) is 10.0. The van der Waals surface area contributed by atoms with E-state index < -0.39 is 0 Å². The van der Waals surface area contributed by atoms with Gasteiger partial charge in [0, 0.05) is 11.9 Å². The quantitative estimate of drug-likeness (QED) is 0.561. The lowest BCUT2D eigenvalue weighted by atomic mass is 10.0. The van der Waals surface area contributed by atoms with Gasteiger partial charge in [-0.05, 0) is 31.3 Å². The lowest BCUT2D eigenvalue weighted by Crippen LogP contribution is -2.03. The fourth-order valence-electron chi connectivity index (χ4n) is 1.19. The van der Waals surface area contributed by atoms with E-state index in [1.165, 1.54) is 11.3 Å². The van der Waals surface area contributed by atoms with Gasteiger partial charge in [0.1, 0.15) is 0 Å². The molecule has 0 fully saturated rings. The Morgan fingerprint density at radius 1 is 1.67 bits per heavy atom. The van der Waals surface area contributed by atoms with Crippen LogP contribution in [0.2, 0.25) is 0 Å². The Morgan fingerprint density at radius 3 is 3.08 bits per heavy atom. The van der Waals surface area contributed by atoms with Gasteiger partial charge < -0.3 is 0 Å². The summed E-state index contributed by atoms with van der Waals surface area (Å²) in [5.41, 5.74) is 2.33. The van der Waals surface area contributed by atoms with Crippen LogP contribution in [0.1, 0.15) is 25.7 Å². The third-order valence-electron chi connectivity index (χ3n) is 1.94. The van der Waals surface area contributed by atoms with Crippen molar-refractivity contribution in [2.24, 2.45) is 4.99 Å². The average molecular weight is 161 g/mol. The summed E-state index contributed by atoms with van der Waals surface area (Å²) in [6, 6.07) is 0. The van der Waals surface area contributed by atoms with Crippen LogP contribution in [-0.4, -0.2) is 5.71 Å². The van der Waals surface area contributed by atoms with Crippen molar-refractivity contribution in [1.82, 2.24) is 0 Å². The molecule has 0 saturated carbocycles. The minimum Gasteiger partial charge on any atom is -0.261 e. The summed E-state index contributed by atoms with van der Waals surface area (Å²) >= 11 is 0. The van der Waals surface area contributed by atoms with Gasteiger partial charge in [0.2, 0.25) is 0 Å². The Kier molecular flexibility index (Phi) is 3.52. The second kappa shape index (κ2) is 4.70. The van der Waals surface area contributed by atoms with Crippen molar-refractivity contribution in [2.75, 3.05) is 0 Å². The summed E-state index contributed by atoms with van der Waals surface area (Å²) < 4.78 is 0. The van der Waals surface area contributed by atoms with Crippen molar-refractivity contribution in [3.05, 3.63) is 37.1 Å². The van der Waals surface area contributed by atoms with Gasteiger partial charge in [-0.25, -0.2) is 0 Å². The summed E-state index contributed by atoms with van der Waals surface area (Å²) in [4.78, 5) is 4.28. The van der Waals surface area contributed by atoms with Crippen molar-refractivity contribution in [3.63, 3.8) is 0 Å². The Labute approximate surface area is 74.2 Å². The van der Waals surface area contributed by atoms with Crippen molar-refractivity contribution in [2.45, 2.75) is 25.7 Å². The second-order valence-electron chi connectivity index (χ2n) is 2.93. The number of hydrogen-bond donors (Lipinski definition) is 0. The van der Waals surface area contributed by atoms with Gasteiger partial charge in [0.15, 0.2) is 0 Å². The van der Waals surface area contributed by atoms with Gasteiger partial charge in [-0.15, -0.1) is 6.58 Å². The number of hydrogen-bond acceptors (Lipinski definition) is 1. The second-order valence-corrected chi connectivity index (χ2v) is 2.93. The lowest BCUT2D eigenvalue weighted by Gasteiger charge is -2.09. The summed E-state index contributed by atoms with van der Waals surface area (Å²) in [5, 5.41) is 0. The number of allylic oxidation sites excluding steroid dienone is 3. The SMILES string of the molecule is C=CCCC(=C)C1=NC=CCC1. The third kappa shape index (κ3) is 2.50. The molecule has 0 atom stereocenters. The highest BCUT2D eigenvalue weighted by Crippen LogP contribution is 2.13. The first-order chi connectivity index (χ1) is 5.84. The predicted octanol–water partition coefficient (Wildman–Crippen LogP) is 3.26. The van der Waals surface area contributed by atoms with E-state index in [9.17, 15) is 0 Å². The first-order valence-electron chi connectivity index (χ1n) is 4.35. The Bertz CT molecular complexity index is 233. The fraction of sp³-hybridized carbons (Fsp3) is 0.364. The first-order valence-corrected chi connectivity index (χ1v) is 4.35. The zero-order valence-electron chi connectivity index (χ0n) is 7.42. The van der Waals surface area contributed by atoms with Crippen molar-refractivity contribution >= 4 is 5.71 Å². The van der Waals surface area contributed by atoms with Crippen LogP contribution in [0.15, 0.2) is 42.1 Å². The van der Waals surface area contributed by atoms with Crippen LogP contribution in [0.4, 0.5) is 0 Å². The maximum atomic E-state index is 4.28. The summed E-state index contributed by atoms with van der Waals surface area (Å²) in [5.74, 6) is 0. The monoisotopic (exact) mass is 161 g/mol. The molecule has 12 heavy (non-hydrogen) atoms. The van der Waals surface area contributed by atoms with Crippen molar-refractivity contribution in [3.8, 4) is 0 Å². The van der Waals surface area contributed by atoms with E-state index in [1.807, 2.05) is 12.3 Å². The molecular weight excluding hydrogens is 146 g/mol. The van der Waals surface area contributed by atoms with E-state index >= 15 is 0 Å². The highest BCUT2D eigenvalue weighted by molar-refractivity contribution is 6.00. The molecular formula is C11H15N.